The molecular weight excluding hydrogens is 785 g/mol. The fourth-order valence-corrected chi connectivity index (χ4v) is 7.43. The van der Waals surface area contributed by atoms with Crippen molar-refractivity contribution in [2.45, 2.75) is 60.3 Å². The van der Waals surface area contributed by atoms with Crippen LogP contribution in [-0.2, 0) is 30.9 Å². The Hall–Kier alpha value is -6.86. The van der Waals surface area contributed by atoms with Crippen LogP contribution in [0, 0.1) is 13.8 Å². The van der Waals surface area contributed by atoms with Gasteiger partial charge in [0.05, 0.1) is 49.4 Å². The van der Waals surface area contributed by atoms with E-state index in [0.29, 0.717) is 94.8 Å². The van der Waals surface area contributed by atoms with Gasteiger partial charge in [0.15, 0.2) is 0 Å². The highest BCUT2D eigenvalue weighted by atomic mass is 16.5. The van der Waals surface area contributed by atoms with Crippen LogP contribution in [-0.4, -0.2) is 114 Å². The lowest BCUT2D eigenvalue weighted by Crippen LogP contribution is -2.37. The van der Waals surface area contributed by atoms with Gasteiger partial charge in [-0.2, -0.15) is 10.2 Å². The Labute approximate surface area is 351 Å². The third-order valence-electron chi connectivity index (χ3n) is 10.3. The molecule has 1 aliphatic heterocycles. The lowest BCUT2D eigenvalue weighted by molar-refractivity contribution is 0.0358. The summed E-state index contributed by atoms with van der Waals surface area (Å²) in [5.74, 6) is -0.280. The molecule has 0 spiro atoms. The zero-order valence-corrected chi connectivity index (χ0v) is 34.9. The number of nitrogens with one attached hydrogen (secondary N) is 2. The molecule has 320 valence electrons. The maximum atomic E-state index is 13.8. The van der Waals surface area contributed by atoms with Gasteiger partial charge in [0.25, 0.3) is 11.8 Å². The first-order valence-electron chi connectivity index (χ1n) is 20.2. The van der Waals surface area contributed by atoms with Crippen molar-refractivity contribution in [2.75, 3.05) is 57.2 Å². The number of carbonyl (C=O) groups excluding carboxylic acids is 4. The molecule has 0 bridgehead atoms. The Morgan fingerprint density at radius 2 is 1.36 bits per heavy atom. The number of aldehydes is 1. The molecule has 0 unspecified atom stereocenters. The van der Waals surface area contributed by atoms with E-state index < -0.39 is 17.7 Å². The molecule has 0 radical (unpaired) electrons. The standard InChI is InChI=1S/C42H50N12O7/c1-6-53-32(19-26(3)48-53)39(57)46-41-44-30-21-28(25-55)22-35(61-16-10-11-50-14-17-60-18-15-50)37(30)52(41)13-9-8-12-51-36-31(23-29(38(43)56)24-34(36)59-5)45-42(51)47-40(58)33-20-27(4)49-54(33)7-2/h8-9,19-25H,6-7,10-18H2,1-5H3,(H2,43,56)(H,44,46,57)(H,45,47,58)/b9-8+. The van der Waals surface area contributed by atoms with Gasteiger partial charge in [-0.3, -0.25) is 44.1 Å². The maximum absolute atomic E-state index is 13.8. The van der Waals surface area contributed by atoms with Gasteiger partial charge in [0, 0.05) is 56.9 Å². The van der Waals surface area contributed by atoms with Crippen LogP contribution >= 0.6 is 0 Å². The lowest BCUT2D eigenvalue weighted by atomic mass is 10.1. The second kappa shape index (κ2) is 18.6. The van der Waals surface area contributed by atoms with E-state index in [-0.39, 0.29) is 30.5 Å². The second-order valence-electron chi connectivity index (χ2n) is 14.5. The first-order chi connectivity index (χ1) is 29.5. The Bertz CT molecular complexity index is 2630. The Morgan fingerprint density at radius 3 is 1.89 bits per heavy atom. The SMILES string of the molecule is CCn1nc(C)cc1C(=O)Nc1nc2cc(C(N)=O)cc(OC)c2n1C/C=C/Cn1c(NC(=O)c2cc(C)nn2CC)nc2cc(C=O)cc(OCCCN3CCOCC3)c21. The number of nitrogens with zero attached hydrogens (tertiary/aromatic N) is 9. The summed E-state index contributed by atoms with van der Waals surface area (Å²) in [5.41, 5.74) is 10.3. The average molecular weight is 835 g/mol. The predicted molar refractivity (Wildman–Crippen MR) is 228 cm³/mol. The molecule has 1 fully saturated rings. The summed E-state index contributed by atoms with van der Waals surface area (Å²) in [7, 11) is 1.47. The number of nitrogens with two attached hydrogens (primary N) is 1. The Morgan fingerprint density at radius 1 is 0.803 bits per heavy atom. The van der Waals surface area contributed by atoms with Crippen LogP contribution in [0.15, 0.2) is 48.6 Å². The van der Waals surface area contributed by atoms with E-state index in [2.05, 4.69) is 25.7 Å². The molecule has 1 saturated heterocycles. The number of ether oxygens (including phenoxy) is 3. The van der Waals surface area contributed by atoms with Crippen molar-refractivity contribution in [1.29, 1.82) is 0 Å². The Kier molecular flexibility index (Phi) is 12.9. The second-order valence-corrected chi connectivity index (χ2v) is 14.5. The van der Waals surface area contributed by atoms with Gasteiger partial charge in [0.1, 0.15) is 40.2 Å². The summed E-state index contributed by atoms with van der Waals surface area (Å²) in [4.78, 5) is 63.6. The number of allylic oxidation sites excluding steroid dienone is 2. The van der Waals surface area contributed by atoms with E-state index in [0.717, 1.165) is 32.3 Å². The highest BCUT2D eigenvalue weighted by Gasteiger charge is 2.23. The summed E-state index contributed by atoms with van der Waals surface area (Å²) in [6.07, 6.45) is 5.23. The number of methoxy groups -OCH3 is 1. The number of benzene rings is 2. The van der Waals surface area contributed by atoms with Crippen LogP contribution in [0.25, 0.3) is 22.1 Å². The molecule has 19 nitrogen and oxygen atoms in total. The number of hydrogen-bond donors (Lipinski definition) is 3. The average Bonchev–Trinajstić information content (AvgIpc) is 4.02. The monoisotopic (exact) mass is 834 g/mol. The molecule has 0 atom stereocenters. The molecule has 19 heteroatoms. The smallest absolute Gasteiger partial charge is 0.276 e. The number of anilines is 2. The highest BCUT2D eigenvalue weighted by Crippen LogP contribution is 2.33. The van der Waals surface area contributed by atoms with E-state index in [9.17, 15) is 19.2 Å². The number of fused-ring (bicyclic) bond motifs is 2. The van der Waals surface area contributed by atoms with Crippen molar-refractivity contribution in [3.8, 4) is 11.5 Å². The fourth-order valence-electron chi connectivity index (χ4n) is 7.43. The van der Waals surface area contributed by atoms with Crippen molar-refractivity contribution in [3.63, 3.8) is 0 Å². The molecule has 6 aromatic rings. The first-order valence-corrected chi connectivity index (χ1v) is 20.2. The van der Waals surface area contributed by atoms with Crippen LogP contribution in [0.5, 0.6) is 11.5 Å². The molecule has 1 aliphatic rings. The molecule has 4 aromatic heterocycles. The number of aromatic nitrogens is 8. The summed E-state index contributed by atoms with van der Waals surface area (Å²) >= 11 is 0. The molecular formula is C42H50N12O7. The number of hydrogen-bond acceptors (Lipinski definition) is 12. The number of carbonyl (C=O) groups is 4. The van der Waals surface area contributed by atoms with Gasteiger partial charge >= 0.3 is 0 Å². The summed E-state index contributed by atoms with van der Waals surface area (Å²) in [6, 6.07) is 9.82. The predicted octanol–water partition coefficient (Wildman–Crippen LogP) is 4.22. The summed E-state index contributed by atoms with van der Waals surface area (Å²) in [6.45, 7) is 13.1. The van der Waals surface area contributed by atoms with Crippen LogP contribution in [0.2, 0.25) is 0 Å². The number of morpholine rings is 1. The number of imidazole rings is 2. The molecule has 0 aliphatic carbocycles. The minimum atomic E-state index is -0.659. The number of primary amides is 1. The van der Waals surface area contributed by atoms with Crippen molar-refractivity contribution in [3.05, 3.63) is 82.5 Å². The highest BCUT2D eigenvalue weighted by molar-refractivity contribution is 6.05. The maximum Gasteiger partial charge on any atom is 0.276 e. The normalized spacial score (nSPS) is 13.3. The zero-order chi connectivity index (χ0) is 43.2. The molecule has 61 heavy (non-hydrogen) atoms. The molecule has 3 amide bonds. The lowest BCUT2D eigenvalue weighted by Gasteiger charge is -2.26. The summed E-state index contributed by atoms with van der Waals surface area (Å²) < 4.78 is 24.4. The van der Waals surface area contributed by atoms with Crippen molar-refractivity contribution >= 4 is 58.0 Å². The molecule has 0 saturated carbocycles. The van der Waals surface area contributed by atoms with Gasteiger partial charge in [0.2, 0.25) is 17.8 Å². The fraction of sp³-hybridized carbons (Fsp3) is 0.381. The molecule has 7 rings (SSSR count). The molecule has 4 N–H and O–H groups in total. The van der Waals surface area contributed by atoms with E-state index in [4.69, 9.17) is 29.9 Å². The summed E-state index contributed by atoms with van der Waals surface area (Å²) in [5, 5.41) is 14.7. The largest absolute Gasteiger partial charge is 0.494 e. The molecule has 2 aromatic carbocycles. The minimum absolute atomic E-state index is 0.188. The van der Waals surface area contributed by atoms with Crippen molar-refractivity contribution in [1.82, 2.24) is 43.6 Å². The Balaban J connectivity index is 1.24. The third kappa shape index (κ3) is 9.17. The van der Waals surface area contributed by atoms with Gasteiger partial charge < -0.3 is 29.1 Å². The van der Waals surface area contributed by atoms with E-state index >= 15 is 0 Å². The van der Waals surface area contributed by atoms with Crippen LogP contribution in [0.1, 0.15) is 73.3 Å². The van der Waals surface area contributed by atoms with Gasteiger partial charge in [-0.15, -0.1) is 0 Å². The number of amides is 3. The zero-order valence-electron chi connectivity index (χ0n) is 34.9. The van der Waals surface area contributed by atoms with E-state index in [1.165, 1.54) is 13.2 Å². The van der Waals surface area contributed by atoms with E-state index in [1.807, 2.05) is 44.4 Å². The van der Waals surface area contributed by atoms with Crippen LogP contribution in [0.3, 0.4) is 0 Å². The number of aryl methyl sites for hydroxylation is 4. The first kappa shape index (κ1) is 42.3. The van der Waals surface area contributed by atoms with Gasteiger partial charge in [-0.05, 0) is 70.5 Å². The van der Waals surface area contributed by atoms with Crippen LogP contribution < -0.4 is 25.8 Å². The van der Waals surface area contributed by atoms with Crippen molar-refractivity contribution in [2.24, 2.45) is 5.73 Å². The van der Waals surface area contributed by atoms with E-state index in [1.54, 1.807) is 44.3 Å². The quantitative estimate of drug-likeness (QED) is 0.0630. The van der Waals surface area contributed by atoms with Crippen molar-refractivity contribution < 1.29 is 33.4 Å². The molecule has 5 heterocycles. The van der Waals surface area contributed by atoms with Crippen LogP contribution in [0.4, 0.5) is 11.9 Å². The van der Waals surface area contributed by atoms with Gasteiger partial charge in [-0.1, -0.05) is 12.2 Å². The van der Waals surface area contributed by atoms with Gasteiger partial charge in [-0.25, -0.2) is 9.97 Å². The minimum Gasteiger partial charge on any atom is -0.494 e. The topological polar surface area (TPSA) is 221 Å². The third-order valence-corrected chi connectivity index (χ3v) is 10.3. The number of rotatable bonds is 18.